The van der Waals surface area contributed by atoms with E-state index in [1.54, 1.807) is 11.1 Å². The van der Waals surface area contributed by atoms with Crippen molar-refractivity contribution in [1.29, 1.82) is 0 Å². The Morgan fingerprint density at radius 2 is 1.93 bits per heavy atom. The monoisotopic (exact) mass is 670 g/mol. The summed E-state index contributed by atoms with van der Waals surface area (Å²) in [6, 6.07) is 8.08. The number of carbonyl (C=O) groups is 1. The quantitative estimate of drug-likeness (QED) is 0.150. The van der Waals surface area contributed by atoms with Crippen molar-refractivity contribution in [2.45, 2.75) is 97.5 Å². The second kappa shape index (κ2) is 12.5. The molecular formula is C32H47BrN6O3Si. The third-order valence-electron chi connectivity index (χ3n) is 8.15. The first-order valence-corrected chi connectivity index (χ1v) is 18.8. The van der Waals surface area contributed by atoms with Crippen LogP contribution in [0.25, 0.3) is 5.52 Å². The highest BCUT2D eigenvalue weighted by Gasteiger charge is 2.39. The largest absolute Gasteiger partial charge is 0.543 e. The van der Waals surface area contributed by atoms with Gasteiger partial charge in [-0.1, -0.05) is 27.7 Å². The summed E-state index contributed by atoms with van der Waals surface area (Å²) < 4.78 is 14.9. The van der Waals surface area contributed by atoms with Gasteiger partial charge in [-0.3, -0.25) is 0 Å². The number of hydrogen-bond acceptors (Lipinski definition) is 6. The molecule has 1 atom stereocenters. The second-order valence-electron chi connectivity index (χ2n) is 13.8. The Labute approximate surface area is 265 Å². The molecule has 2 aromatic heterocycles. The number of benzene rings is 1. The van der Waals surface area contributed by atoms with Gasteiger partial charge >= 0.3 is 6.09 Å². The fraction of sp³-hybridized carbons (Fsp3) is 0.531. The molecule has 0 spiro atoms. The first-order chi connectivity index (χ1) is 20.0. The summed E-state index contributed by atoms with van der Waals surface area (Å²) in [7, 11) is -1.98. The number of aliphatic imine (C=N–C) groups is 1. The zero-order chi connectivity index (χ0) is 31.7. The molecule has 3 heterocycles. The summed E-state index contributed by atoms with van der Waals surface area (Å²) in [4.78, 5) is 19.5. The number of amides is 1. The van der Waals surface area contributed by atoms with Gasteiger partial charge in [0.05, 0.1) is 28.7 Å². The molecule has 1 unspecified atom stereocenters. The fourth-order valence-corrected chi connectivity index (χ4v) is 6.25. The van der Waals surface area contributed by atoms with E-state index in [9.17, 15) is 4.79 Å². The number of ether oxygens (including phenoxy) is 1. The van der Waals surface area contributed by atoms with Crippen LogP contribution in [0.2, 0.25) is 18.1 Å². The van der Waals surface area contributed by atoms with E-state index < -0.39 is 13.9 Å². The normalized spacial score (nSPS) is 16.8. The number of nitrogens with two attached hydrogens (primary N) is 1. The Bertz CT molecular complexity index is 1510. The SMILES string of the molecule is CCc1cc(O[Si](C)(C)C(C)(C)C)ccc1N=C(N)c1cnn2cc(Br)cc2c1NC1CCCN(C(=O)OC(C)(C)C)C1. The number of fused-ring (bicyclic) bond motifs is 1. The summed E-state index contributed by atoms with van der Waals surface area (Å²) in [5, 5.41) is 8.40. The van der Waals surface area contributed by atoms with Crippen LogP contribution in [0.3, 0.4) is 0 Å². The first-order valence-electron chi connectivity index (χ1n) is 15.1. The molecule has 9 nitrogen and oxygen atoms in total. The van der Waals surface area contributed by atoms with Gasteiger partial charge in [-0.15, -0.1) is 0 Å². The standard InChI is InChI=1S/C32H47BrN6O3Si/c1-10-21-16-24(42-43(8,9)32(5,6)7)13-14-26(21)37-29(34)25-18-35-39-19-22(33)17-27(39)28(25)36-23-12-11-15-38(20-23)30(40)41-31(2,3)4/h13-14,16-19,23,36H,10-12,15,20H2,1-9H3,(H2,34,37). The lowest BCUT2D eigenvalue weighted by molar-refractivity contribution is 0.0206. The van der Waals surface area contributed by atoms with Crippen molar-refractivity contribution in [1.82, 2.24) is 14.5 Å². The Kier molecular flexibility index (Phi) is 9.56. The van der Waals surface area contributed by atoms with Crippen molar-refractivity contribution in [2.24, 2.45) is 10.7 Å². The van der Waals surface area contributed by atoms with Crippen molar-refractivity contribution in [3.05, 3.63) is 52.3 Å². The highest BCUT2D eigenvalue weighted by Crippen LogP contribution is 2.38. The van der Waals surface area contributed by atoms with Gasteiger partial charge < -0.3 is 25.1 Å². The van der Waals surface area contributed by atoms with E-state index in [4.69, 9.17) is 19.9 Å². The highest BCUT2D eigenvalue weighted by atomic mass is 79.9. The topological polar surface area (TPSA) is 106 Å². The summed E-state index contributed by atoms with van der Waals surface area (Å²) in [5.41, 5.74) is 10.5. The van der Waals surface area contributed by atoms with Crippen LogP contribution in [0.1, 0.15) is 72.4 Å². The number of halogens is 1. The van der Waals surface area contributed by atoms with E-state index in [1.807, 2.05) is 49.7 Å². The van der Waals surface area contributed by atoms with Gasteiger partial charge in [0.1, 0.15) is 17.2 Å². The van der Waals surface area contributed by atoms with Gasteiger partial charge in [0.15, 0.2) is 0 Å². The number of amidine groups is 1. The second-order valence-corrected chi connectivity index (χ2v) is 19.5. The van der Waals surface area contributed by atoms with Crippen molar-refractivity contribution in [3.63, 3.8) is 0 Å². The van der Waals surface area contributed by atoms with Crippen LogP contribution in [0.4, 0.5) is 16.2 Å². The summed E-state index contributed by atoms with van der Waals surface area (Å²) in [6.45, 7) is 20.2. The number of anilines is 1. The van der Waals surface area contributed by atoms with Crippen molar-refractivity contribution in [2.75, 3.05) is 18.4 Å². The average molecular weight is 672 g/mol. The molecule has 3 aromatic rings. The molecule has 0 bridgehead atoms. The van der Waals surface area contributed by atoms with Gasteiger partial charge in [-0.2, -0.15) is 5.10 Å². The summed E-state index contributed by atoms with van der Waals surface area (Å²) >= 11 is 3.59. The molecule has 1 saturated heterocycles. The predicted octanol–water partition coefficient (Wildman–Crippen LogP) is 7.89. The third kappa shape index (κ3) is 7.92. The molecule has 0 saturated carbocycles. The Balaban J connectivity index is 1.66. The number of piperidine rings is 1. The maximum absolute atomic E-state index is 12.8. The molecule has 1 fully saturated rings. The van der Waals surface area contributed by atoms with E-state index in [0.29, 0.717) is 24.5 Å². The van der Waals surface area contributed by atoms with Gasteiger partial charge in [0.2, 0.25) is 8.32 Å². The van der Waals surface area contributed by atoms with E-state index in [0.717, 1.165) is 51.9 Å². The lowest BCUT2D eigenvalue weighted by Crippen LogP contribution is -2.47. The van der Waals surface area contributed by atoms with Crippen LogP contribution >= 0.6 is 15.9 Å². The Morgan fingerprint density at radius 3 is 2.58 bits per heavy atom. The van der Waals surface area contributed by atoms with E-state index in [1.165, 1.54) is 0 Å². The zero-order valence-corrected chi connectivity index (χ0v) is 29.6. The zero-order valence-electron chi connectivity index (χ0n) is 27.0. The van der Waals surface area contributed by atoms with Crippen LogP contribution in [0.5, 0.6) is 5.75 Å². The van der Waals surface area contributed by atoms with E-state index in [-0.39, 0.29) is 17.2 Å². The molecule has 1 aromatic carbocycles. The van der Waals surface area contributed by atoms with Gasteiger partial charge in [0, 0.05) is 29.8 Å². The minimum Gasteiger partial charge on any atom is -0.543 e. The number of aromatic nitrogens is 2. The lowest BCUT2D eigenvalue weighted by Gasteiger charge is -2.36. The molecule has 11 heteroatoms. The first kappa shape index (κ1) is 32.9. The number of aryl methyl sites for hydroxylation is 1. The van der Waals surface area contributed by atoms with Crippen LogP contribution in [-0.4, -0.2) is 59.5 Å². The highest BCUT2D eigenvalue weighted by molar-refractivity contribution is 9.10. The number of rotatable bonds is 7. The molecule has 3 N–H and O–H groups in total. The number of nitrogens with one attached hydrogen (secondary N) is 1. The van der Waals surface area contributed by atoms with Crippen LogP contribution < -0.4 is 15.5 Å². The van der Waals surface area contributed by atoms with Gasteiger partial charge in [-0.25, -0.2) is 14.3 Å². The molecule has 0 radical (unpaired) electrons. The summed E-state index contributed by atoms with van der Waals surface area (Å²) in [5.74, 6) is 1.23. The number of likely N-dealkylation sites (tertiary alicyclic amines) is 1. The minimum absolute atomic E-state index is 0.00525. The number of carbonyl (C=O) groups excluding carboxylic acids is 1. The van der Waals surface area contributed by atoms with Gasteiger partial charge in [0.25, 0.3) is 0 Å². The lowest BCUT2D eigenvalue weighted by atomic mass is 10.0. The molecule has 0 aliphatic carbocycles. The van der Waals surface area contributed by atoms with Crippen LogP contribution in [0, 0.1) is 0 Å². The van der Waals surface area contributed by atoms with E-state index in [2.05, 4.69) is 73.2 Å². The van der Waals surface area contributed by atoms with Crippen molar-refractivity contribution in [3.8, 4) is 5.75 Å². The Hall–Kier alpha value is -3.05. The average Bonchev–Trinajstić information content (AvgIpc) is 3.28. The van der Waals surface area contributed by atoms with E-state index >= 15 is 0 Å². The van der Waals surface area contributed by atoms with Crippen molar-refractivity contribution >= 4 is 53.1 Å². The maximum atomic E-state index is 12.8. The van der Waals surface area contributed by atoms with Crippen molar-refractivity contribution < 1.29 is 14.0 Å². The Morgan fingerprint density at radius 1 is 1.21 bits per heavy atom. The molecule has 1 aliphatic rings. The number of nitrogens with zero attached hydrogens (tertiary/aromatic N) is 4. The van der Waals surface area contributed by atoms with Crippen LogP contribution in [0.15, 0.2) is 46.1 Å². The maximum Gasteiger partial charge on any atom is 0.410 e. The minimum atomic E-state index is -1.98. The molecule has 4 rings (SSSR count). The fourth-order valence-electron chi connectivity index (χ4n) is 4.82. The van der Waals surface area contributed by atoms with Crippen LogP contribution in [-0.2, 0) is 11.2 Å². The smallest absolute Gasteiger partial charge is 0.410 e. The number of hydrogen-bond donors (Lipinski definition) is 2. The molecule has 1 aliphatic heterocycles. The molecule has 43 heavy (non-hydrogen) atoms. The summed E-state index contributed by atoms with van der Waals surface area (Å²) in [6.07, 6.45) is 5.92. The van der Waals surface area contributed by atoms with Gasteiger partial charge in [-0.05, 0) is 104 Å². The third-order valence-corrected chi connectivity index (χ3v) is 12.9. The molecule has 1 amide bonds. The molecule has 234 valence electrons. The molecular weight excluding hydrogens is 624 g/mol. The predicted molar refractivity (Wildman–Crippen MR) is 181 cm³/mol.